The van der Waals surface area contributed by atoms with Crippen LogP contribution in [0.15, 0.2) is 70.6 Å². The fourth-order valence-electron chi connectivity index (χ4n) is 3.75. The Morgan fingerprint density at radius 1 is 0.970 bits per heavy atom. The summed E-state index contributed by atoms with van der Waals surface area (Å²) in [6.45, 7) is 3.18. The molecule has 33 heavy (non-hydrogen) atoms. The molecule has 0 aliphatic carbocycles. The van der Waals surface area contributed by atoms with E-state index in [0.717, 1.165) is 17.0 Å². The Labute approximate surface area is 193 Å². The second-order valence-electron chi connectivity index (χ2n) is 8.03. The molecule has 0 atom stereocenters. The summed E-state index contributed by atoms with van der Waals surface area (Å²) in [7, 11) is -2.11. The molecule has 1 aromatic heterocycles. The number of piperidine rings is 1. The Kier molecular flexibility index (Phi) is 6.60. The Morgan fingerprint density at radius 3 is 2.21 bits per heavy atom. The Bertz CT molecular complexity index is 1200. The number of amides is 1. The highest BCUT2D eigenvalue weighted by atomic mass is 32.2. The number of carbonyl (C=O) groups is 1. The average Bonchev–Trinajstić information content (AvgIpc) is 2.85. The first-order valence-electron chi connectivity index (χ1n) is 10.7. The molecule has 0 unspecified atom stereocenters. The minimum absolute atomic E-state index is 0.00885. The van der Waals surface area contributed by atoms with E-state index in [1.54, 1.807) is 49.6 Å². The number of hydrogen-bond donors (Lipinski definition) is 1. The highest BCUT2D eigenvalue weighted by Gasteiger charge is 2.27. The van der Waals surface area contributed by atoms with Crippen LogP contribution in [0.4, 0.5) is 11.5 Å². The van der Waals surface area contributed by atoms with Crippen molar-refractivity contribution in [1.29, 1.82) is 0 Å². The number of nitrogens with zero attached hydrogens (tertiary/aromatic N) is 3. The number of rotatable bonds is 6. The summed E-state index contributed by atoms with van der Waals surface area (Å²) in [5.41, 5.74) is 1.72. The average molecular weight is 467 g/mol. The van der Waals surface area contributed by atoms with E-state index in [4.69, 9.17) is 4.74 Å². The molecule has 0 spiro atoms. The second-order valence-corrected chi connectivity index (χ2v) is 9.92. The summed E-state index contributed by atoms with van der Waals surface area (Å²) >= 11 is 0. The first-order valence-corrected chi connectivity index (χ1v) is 12.2. The highest BCUT2D eigenvalue weighted by molar-refractivity contribution is 7.91. The molecule has 1 fully saturated rings. The predicted octanol–water partition coefficient (Wildman–Crippen LogP) is 3.48. The number of nitrogens with one attached hydrogen (secondary N) is 1. The molecule has 1 amide bonds. The molecule has 0 saturated carbocycles. The van der Waals surface area contributed by atoms with Gasteiger partial charge in [0.1, 0.15) is 5.75 Å². The standard InChI is InChI=1S/C24H26N4O4S/c1-17-3-9-21(10-4-17)33(30,31)23-12-11-22(26-27-23)28-15-13-18(14-16-28)24(29)25-19-5-7-20(32-2)8-6-19/h3-12,18H,13-16H2,1-2H3,(H,25,29). The van der Waals surface area contributed by atoms with Crippen molar-refractivity contribution in [3.05, 3.63) is 66.2 Å². The third-order valence-electron chi connectivity index (χ3n) is 5.78. The number of aromatic nitrogens is 2. The summed E-state index contributed by atoms with van der Waals surface area (Å²) in [6.07, 6.45) is 1.35. The van der Waals surface area contributed by atoms with Crippen LogP contribution in [-0.2, 0) is 14.6 Å². The van der Waals surface area contributed by atoms with Gasteiger partial charge in [0.15, 0.2) is 10.8 Å². The zero-order chi connectivity index (χ0) is 23.4. The van der Waals surface area contributed by atoms with Crippen LogP contribution in [0.2, 0.25) is 0 Å². The maximum Gasteiger partial charge on any atom is 0.227 e. The molecule has 8 nitrogen and oxygen atoms in total. The molecular weight excluding hydrogens is 440 g/mol. The molecule has 0 radical (unpaired) electrons. The smallest absolute Gasteiger partial charge is 0.227 e. The fourth-order valence-corrected chi connectivity index (χ4v) is 4.88. The number of carbonyl (C=O) groups excluding carboxylic acids is 1. The maximum atomic E-state index is 12.8. The van der Waals surface area contributed by atoms with E-state index >= 15 is 0 Å². The monoisotopic (exact) mass is 466 g/mol. The Hall–Kier alpha value is -3.46. The van der Waals surface area contributed by atoms with Gasteiger partial charge in [0.05, 0.1) is 12.0 Å². The molecule has 2 heterocycles. The van der Waals surface area contributed by atoms with Crippen LogP contribution < -0.4 is 15.0 Å². The number of aryl methyl sites for hydroxylation is 1. The normalized spacial score (nSPS) is 14.7. The Morgan fingerprint density at radius 2 is 1.64 bits per heavy atom. The number of ether oxygens (including phenoxy) is 1. The molecule has 9 heteroatoms. The van der Waals surface area contributed by atoms with Crippen molar-refractivity contribution in [2.75, 3.05) is 30.4 Å². The number of methoxy groups -OCH3 is 1. The lowest BCUT2D eigenvalue weighted by atomic mass is 9.96. The van der Waals surface area contributed by atoms with Crippen molar-refractivity contribution in [1.82, 2.24) is 10.2 Å². The van der Waals surface area contributed by atoms with E-state index in [0.29, 0.717) is 31.7 Å². The molecule has 172 valence electrons. The van der Waals surface area contributed by atoms with E-state index in [2.05, 4.69) is 15.5 Å². The third kappa shape index (κ3) is 5.14. The van der Waals surface area contributed by atoms with Crippen LogP contribution in [0.5, 0.6) is 5.75 Å². The van der Waals surface area contributed by atoms with Crippen LogP contribution >= 0.6 is 0 Å². The first-order chi connectivity index (χ1) is 15.9. The topological polar surface area (TPSA) is 101 Å². The van der Waals surface area contributed by atoms with Crippen molar-refractivity contribution in [2.24, 2.45) is 5.92 Å². The summed E-state index contributed by atoms with van der Waals surface area (Å²) in [6, 6.07) is 17.0. The second kappa shape index (κ2) is 9.58. The van der Waals surface area contributed by atoms with Crippen LogP contribution in [0.1, 0.15) is 18.4 Å². The molecule has 0 bridgehead atoms. The van der Waals surface area contributed by atoms with Gasteiger partial charge in [-0.3, -0.25) is 4.79 Å². The zero-order valence-electron chi connectivity index (χ0n) is 18.6. The molecule has 1 N–H and O–H groups in total. The molecule has 3 aromatic rings. The van der Waals surface area contributed by atoms with Gasteiger partial charge in [0.2, 0.25) is 15.7 Å². The molecule has 4 rings (SSSR count). The van der Waals surface area contributed by atoms with Gasteiger partial charge in [-0.05, 0) is 68.3 Å². The van der Waals surface area contributed by atoms with E-state index in [1.807, 2.05) is 24.0 Å². The number of anilines is 2. The molecule has 1 saturated heterocycles. The zero-order valence-corrected chi connectivity index (χ0v) is 19.4. The van der Waals surface area contributed by atoms with Crippen LogP contribution in [-0.4, -0.2) is 44.7 Å². The number of sulfone groups is 1. The van der Waals surface area contributed by atoms with Crippen molar-refractivity contribution in [2.45, 2.75) is 29.7 Å². The van der Waals surface area contributed by atoms with Gasteiger partial charge in [0.25, 0.3) is 0 Å². The number of hydrogen-bond acceptors (Lipinski definition) is 7. The Balaban J connectivity index is 1.35. The first kappa shape index (κ1) is 22.7. The molecular formula is C24H26N4O4S. The lowest BCUT2D eigenvalue weighted by molar-refractivity contribution is -0.120. The van der Waals surface area contributed by atoms with E-state index in [1.165, 1.54) is 6.07 Å². The third-order valence-corrected chi connectivity index (χ3v) is 7.44. The van der Waals surface area contributed by atoms with E-state index < -0.39 is 9.84 Å². The number of benzene rings is 2. The van der Waals surface area contributed by atoms with Crippen LogP contribution in [0, 0.1) is 12.8 Å². The maximum absolute atomic E-state index is 12.8. The van der Waals surface area contributed by atoms with Gasteiger partial charge in [-0.15, -0.1) is 10.2 Å². The highest BCUT2D eigenvalue weighted by Crippen LogP contribution is 2.25. The van der Waals surface area contributed by atoms with Gasteiger partial charge in [-0.1, -0.05) is 17.7 Å². The summed E-state index contributed by atoms with van der Waals surface area (Å²) in [4.78, 5) is 14.8. The predicted molar refractivity (Wildman–Crippen MR) is 125 cm³/mol. The van der Waals surface area contributed by atoms with Crippen LogP contribution in [0.3, 0.4) is 0 Å². The lowest BCUT2D eigenvalue weighted by Crippen LogP contribution is -2.38. The quantitative estimate of drug-likeness (QED) is 0.593. The minimum Gasteiger partial charge on any atom is -0.497 e. The molecule has 2 aromatic carbocycles. The van der Waals surface area contributed by atoms with Gasteiger partial charge in [-0.2, -0.15) is 0 Å². The van der Waals surface area contributed by atoms with Crippen molar-refractivity contribution in [3.8, 4) is 5.75 Å². The van der Waals surface area contributed by atoms with Gasteiger partial charge < -0.3 is 15.0 Å². The van der Waals surface area contributed by atoms with Gasteiger partial charge in [-0.25, -0.2) is 8.42 Å². The summed E-state index contributed by atoms with van der Waals surface area (Å²) in [5.74, 6) is 1.23. The van der Waals surface area contributed by atoms with Crippen molar-refractivity contribution >= 4 is 27.2 Å². The van der Waals surface area contributed by atoms with Crippen molar-refractivity contribution in [3.63, 3.8) is 0 Å². The van der Waals surface area contributed by atoms with Gasteiger partial charge in [0, 0.05) is 24.7 Å². The summed E-state index contributed by atoms with van der Waals surface area (Å²) in [5, 5.41) is 11.0. The molecule has 1 aliphatic rings. The summed E-state index contributed by atoms with van der Waals surface area (Å²) < 4.78 is 30.7. The fraction of sp³-hybridized carbons (Fsp3) is 0.292. The van der Waals surface area contributed by atoms with Gasteiger partial charge >= 0.3 is 0 Å². The van der Waals surface area contributed by atoms with E-state index in [-0.39, 0.29) is 21.7 Å². The molecule has 1 aliphatic heterocycles. The van der Waals surface area contributed by atoms with Crippen molar-refractivity contribution < 1.29 is 17.9 Å². The van der Waals surface area contributed by atoms with E-state index in [9.17, 15) is 13.2 Å². The minimum atomic E-state index is -3.71. The lowest BCUT2D eigenvalue weighted by Gasteiger charge is -2.31. The largest absolute Gasteiger partial charge is 0.497 e. The van der Waals surface area contributed by atoms with Crippen LogP contribution in [0.25, 0.3) is 0 Å². The SMILES string of the molecule is COc1ccc(NC(=O)C2CCN(c3ccc(S(=O)(=O)c4ccc(C)cc4)nn3)CC2)cc1.